The predicted molar refractivity (Wildman–Crippen MR) is 75.9 cm³/mol. The Morgan fingerprint density at radius 2 is 2.32 bits per heavy atom. The molecule has 1 aromatic rings. The van der Waals surface area contributed by atoms with Crippen molar-refractivity contribution in [3.05, 3.63) is 29.8 Å². The first kappa shape index (κ1) is 14.4. The summed E-state index contributed by atoms with van der Waals surface area (Å²) in [7, 11) is 1.64. The van der Waals surface area contributed by atoms with Crippen LogP contribution in [0.4, 0.5) is 0 Å². The van der Waals surface area contributed by atoms with Gasteiger partial charge in [-0.2, -0.15) is 0 Å². The molecule has 0 bridgehead atoms. The molecule has 0 aromatic heterocycles. The van der Waals surface area contributed by atoms with Crippen LogP contribution in [-0.4, -0.2) is 55.1 Å². The standard InChI is InChI=1S/C14H19NO3S/c1-18-7-6-15(9-14(16)17)8-11-10-19-13-5-3-2-4-12(11)13/h2-5,11H,6-10H2,1H3,(H,16,17). The van der Waals surface area contributed by atoms with Crippen molar-refractivity contribution in [3.8, 4) is 0 Å². The number of carbonyl (C=O) groups is 1. The van der Waals surface area contributed by atoms with Crippen LogP contribution in [0, 0.1) is 0 Å². The molecule has 1 atom stereocenters. The van der Waals surface area contributed by atoms with Crippen LogP contribution in [0.5, 0.6) is 0 Å². The van der Waals surface area contributed by atoms with E-state index in [0.717, 1.165) is 12.3 Å². The number of aliphatic carboxylic acids is 1. The van der Waals surface area contributed by atoms with Gasteiger partial charge >= 0.3 is 5.97 Å². The zero-order valence-corrected chi connectivity index (χ0v) is 11.9. The highest BCUT2D eigenvalue weighted by atomic mass is 32.2. The molecule has 0 saturated heterocycles. The second-order valence-electron chi connectivity index (χ2n) is 4.67. The predicted octanol–water partition coefficient (Wildman–Crippen LogP) is 1.91. The molecule has 0 aliphatic carbocycles. The average molecular weight is 281 g/mol. The van der Waals surface area contributed by atoms with Crippen LogP contribution >= 0.6 is 11.8 Å². The molecule has 1 aliphatic rings. The summed E-state index contributed by atoms with van der Waals surface area (Å²) in [6.45, 7) is 2.08. The van der Waals surface area contributed by atoms with Gasteiger partial charge in [0.1, 0.15) is 0 Å². The molecule has 0 amide bonds. The lowest BCUT2D eigenvalue weighted by molar-refractivity contribution is -0.138. The Balaban J connectivity index is 1.99. The van der Waals surface area contributed by atoms with E-state index in [9.17, 15) is 4.79 Å². The second-order valence-corrected chi connectivity index (χ2v) is 5.73. The van der Waals surface area contributed by atoms with Crippen molar-refractivity contribution >= 4 is 17.7 Å². The monoisotopic (exact) mass is 281 g/mol. The second kappa shape index (κ2) is 6.93. The summed E-state index contributed by atoms with van der Waals surface area (Å²) in [6.07, 6.45) is 0. The molecule has 1 aromatic carbocycles. The summed E-state index contributed by atoms with van der Waals surface area (Å²) in [5, 5.41) is 8.96. The Morgan fingerprint density at radius 3 is 3.05 bits per heavy atom. The molecule has 1 unspecified atom stereocenters. The molecule has 0 saturated carbocycles. The molecular formula is C14H19NO3S. The molecule has 5 heteroatoms. The van der Waals surface area contributed by atoms with Crippen molar-refractivity contribution in [2.75, 3.05) is 39.1 Å². The molecule has 104 valence electrons. The third-order valence-electron chi connectivity index (χ3n) is 3.25. The number of carboxylic acids is 1. The quantitative estimate of drug-likeness (QED) is 0.827. The van der Waals surface area contributed by atoms with Crippen molar-refractivity contribution in [2.24, 2.45) is 0 Å². The van der Waals surface area contributed by atoms with Crippen LogP contribution < -0.4 is 0 Å². The van der Waals surface area contributed by atoms with Crippen LogP contribution in [-0.2, 0) is 9.53 Å². The molecular weight excluding hydrogens is 262 g/mol. The number of carboxylic acid groups (broad SMARTS) is 1. The molecule has 1 heterocycles. The van der Waals surface area contributed by atoms with Crippen LogP contribution in [0.1, 0.15) is 11.5 Å². The van der Waals surface area contributed by atoms with Crippen molar-refractivity contribution in [3.63, 3.8) is 0 Å². The zero-order valence-electron chi connectivity index (χ0n) is 11.0. The lowest BCUT2D eigenvalue weighted by Gasteiger charge is -2.23. The fourth-order valence-corrected chi connectivity index (χ4v) is 3.58. The first-order valence-electron chi connectivity index (χ1n) is 6.35. The zero-order chi connectivity index (χ0) is 13.7. The van der Waals surface area contributed by atoms with E-state index >= 15 is 0 Å². The maximum atomic E-state index is 10.9. The van der Waals surface area contributed by atoms with E-state index in [1.54, 1.807) is 7.11 Å². The number of ether oxygens (including phenoxy) is 1. The van der Waals surface area contributed by atoms with Crippen molar-refractivity contribution in [2.45, 2.75) is 10.8 Å². The van der Waals surface area contributed by atoms with E-state index in [2.05, 4.69) is 18.2 Å². The van der Waals surface area contributed by atoms with E-state index in [1.807, 2.05) is 22.7 Å². The van der Waals surface area contributed by atoms with Gasteiger partial charge in [-0.1, -0.05) is 18.2 Å². The Labute approximate surface area is 117 Å². The Kier molecular flexibility index (Phi) is 5.24. The highest BCUT2D eigenvalue weighted by Crippen LogP contribution is 2.39. The molecule has 19 heavy (non-hydrogen) atoms. The van der Waals surface area contributed by atoms with Crippen LogP contribution in [0.25, 0.3) is 0 Å². The topological polar surface area (TPSA) is 49.8 Å². The van der Waals surface area contributed by atoms with Gasteiger partial charge in [-0.3, -0.25) is 9.69 Å². The first-order valence-corrected chi connectivity index (χ1v) is 7.34. The lowest BCUT2D eigenvalue weighted by atomic mass is 10.0. The van der Waals surface area contributed by atoms with E-state index in [0.29, 0.717) is 19.1 Å². The smallest absolute Gasteiger partial charge is 0.317 e. The largest absolute Gasteiger partial charge is 0.480 e. The summed E-state index contributed by atoms with van der Waals surface area (Å²) < 4.78 is 5.05. The normalized spacial score (nSPS) is 17.7. The van der Waals surface area contributed by atoms with Crippen LogP contribution in [0.3, 0.4) is 0 Å². The molecule has 2 rings (SSSR count). The van der Waals surface area contributed by atoms with Crippen LogP contribution in [0.15, 0.2) is 29.2 Å². The highest BCUT2D eigenvalue weighted by molar-refractivity contribution is 7.99. The SMILES string of the molecule is COCCN(CC(=O)O)CC1CSc2ccccc21. The number of hydrogen-bond donors (Lipinski definition) is 1. The number of methoxy groups -OCH3 is 1. The summed E-state index contributed by atoms with van der Waals surface area (Å²) in [5.74, 6) is 0.662. The third-order valence-corrected chi connectivity index (χ3v) is 4.50. The number of hydrogen-bond acceptors (Lipinski definition) is 4. The van der Waals surface area contributed by atoms with Crippen LogP contribution in [0.2, 0.25) is 0 Å². The van der Waals surface area contributed by atoms with Gasteiger partial charge in [-0.25, -0.2) is 0 Å². The van der Waals surface area contributed by atoms with E-state index in [-0.39, 0.29) is 6.54 Å². The van der Waals surface area contributed by atoms with Gasteiger partial charge in [0.25, 0.3) is 0 Å². The number of fused-ring (bicyclic) bond motifs is 1. The summed E-state index contributed by atoms with van der Waals surface area (Å²) in [4.78, 5) is 14.2. The molecule has 1 aliphatic heterocycles. The maximum Gasteiger partial charge on any atom is 0.317 e. The number of thioether (sulfide) groups is 1. The molecule has 0 spiro atoms. The number of rotatable bonds is 7. The molecule has 0 radical (unpaired) electrons. The van der Waals surface area contributed by atoms with Gasteiger partial charge in [0.2, 0.25) is 0 Å². The van der Waals surface area contributed by atoms with Gasteiger partial charge in [-0.05, 0) is 11.6 Å². The van der Waals surface area contributed by atoms with Gasteiger partial charge in [0, 0.05) is 36.8 Å². The lowest BCUT2D eigenvalue weighted by Crippen LogP contribution is -2.36. The Hall–Kier alpha value is -1.04. The third kappa shape index (κ3) is 3.96. The first-order chi connectivity index (χ1) is 9.20. The molecule has 1 N–H and O–H groups in total. The Morgan fingerprint density at radius 1 is 1.53 bits per heavy atom. The minimum absolute atomic E-state index is 0.0761. The minimum atomic E-state index is -0.782. The number of benzene rings is 1. The van der Waals surface area contributed by atoms with Gasteiger partial charge in [-0.15, -0.1) is 11.8 Å². The van der Waals surface area contributed by atoms with Gasteiger partial charge in [0.05, 0.1) is 13.2 Å². The summed E-state index contributed by atoms with van der Waals surface area (Å²) in [5.41, 5.74) is 1.35. The Bertz CT molecular complexity index is 438. The molecule has 4 nitrogen and oxygen atoms in total. The number of nitrogens with zero attached hydrogens (tertiary/aromatic N) is 1. The van der Waals surface area contributed by atoms with E-state index in [4.69, 9.17) is 9.84 Å². The summed E-state index contributed by atoms with van der Waals surface area (Å²) >= 11 is 1.86. The summed E-state index contributed by atoms with van der Waals surface area (Å²) in [6, 6.07) is 8.38. The fourth-order valence-electron chi connectivity index (χ4n) is 2.34. The van der Waals surface area contributed by atoms with E-state index in [1.165, 1.54) is 10.5 Å². The van der Waals surface area contributed by atoms with E-state index < -0.39 is 5.97 Å². The molecule has 0 fully saturated rings. The van der Waals surface area contributed by atoms with Gasteiger partial charge in [0.15, 0.2) is 0 Å². The highest BCUT2D eigenvalue weighted by Gasteiger charge is 2.25. The maximum absolute atomic E-state index is 10.9. The average Bonchev–Trinajstić information content (AvgIpc) is 2.79. The van der Waals surface area contributed by atoms with Gasteiger partial charge < -0.3 is 9.84 Å². The minimum Gasteiger partial charge on any atom is -0.480 e. The van der Waals surface area contributed by atoms with Crippen molar-refractivity contribution < 1.29 is 14.6 Å². The van der Waals surface area contributed by atoms with Crippen molar-refractivity contribution in [1.29, 1.82) is 0 Å². The fraction of sp³-hybridized carbons (Fsp3) is 0.500. The van der Waals surface area contributed by atoms with Crippen molar-refractivity contribution in [1.82, 2.24) is 4.90 Å².